The van der Waals surface area contributed by atoms with E-state index in [1.165, 1.54) is 0 Å². The Morgan fingerprint density at radius 3 is 2.50 bits per heavy atom. The zero-order chi connectivity index (χ0) is 14.9. The molecule has 20 heavy (non-hydrogen) atoms. The summed E-state index contributed by atoms with van der Waals surface area (Å²) in [6.07, 6.45) is 4.03. The van der Waals surface area contributed by atoms with Crippen molar-refractivity contribution in [3.63, 3.8) is 0 Å². The Hall–Kier alpha value is -1.06. The predicted molar refractivity (Wildman–Crippen MR) is 75.0 cm³/mol. The van der Waals surface area contributed by atoms with Crippen molar-refractivity contribution in [2.75, 3.05) is 0 Å². The van der Waals surface area contributed by atoms with E-state index in [4.69, 9.17) is 9.47 Å². The van der Waals surface area contributed by atoms with E-state index < -0.39 is 5.60 Å². The van der Waals surface area contributed by atoms with Crippen molar-refractivity contribution in [3.8, 4) is 0 Å². The van der Waals surface area contributed by atoms with Crippen molar-refractivity contribution in [1.29, 1.82) is 0 Å². The standard InChI is InChI=1S/C16H26O4/c1-5-6-13(17)19-12-9-10-7-8-11(12)14(10)15(18)20-16(2,3)4/h10-12,14H,5-9H2,1-4H3/t10-,11+,12+,14?/m1/s1. The molecule has 2 saturated carbocycles. The van der Waals surface area contributed by atoms with Crippen molar-refractivity contribution in [1.82, 2.24) is 0 Å². The van der Waals surface area contributed by atoms with Crippen LogP contribution in [0.1, 0.15) is 59.8 Å². The summed E-state index contributed by atoms with van der Waals surface area (Å²) in [5.74, 6) is 0.172. The van der Waals surface area contributed by atoms with Gasteiger partial charge in [-0.25, -0.2) is 0 Å². The highest BCUT2D eigenvalue weighted by atomic mass is 16.6. The molecule has 0 N–H and O–H groups in total. The fourth-order valence-electron chi connectivity index (χ4n) is 3.57. The van der Waals surface area contributed by atoms with E-state index in [2.05, 4.69) is 0 Å². The van der Waals surface area contributed by atoms with Crippen molar-refractivity contribution >= 4 is 11.9 Å². The summed E-state index contributed by atoms with van der Waals surface area (Å²) in [6, 6.07) is 0. The van der Waals surface area contributed by atoms with Gasteiger partial charge in [-0.05, 0) is 52.4 Å². The summed E-state index contributed by atoms with van der Waals surface area (Å²) in [5.41, 5.74) is -0.451. The summed E-state index contributed by atoms with van der Waals surface area (Å²) >= 11 is 0. The molecule has 4 nitrogen and oxygen atoms in total. The van der Waals surface area contributed by atoms with Crippen LogP contribution in [0.4, 0.5) is 0 Å². The predicted octanol–water partition coefficient (Wildman–Crippen LogP) is 3.09. The molecule has 1 unspecified atom stereocenters. The highest BCUT2D eigenvalue weighted by molar-refractivity contribution is 5.75. The normalized spacial score (nSPS) is 32.2. The van der Waals surface area contributed by atoms with Crippen molar-refractivity contribution in [2.24, 2.45) is 17.8 Å². The van der Waals surface area contributed by atoms with Crippen LogP contribution in [-0.4, -0.2) is 23.6 Å². The van der Waals surface area contributed by atoms with Crippen LogP contribution in [0.3, 0.4) is 0 Å². The fourth-order valence-corrected chi connectivity index (χ4v) is 3.57. The lowest BCUT2D eigenvalue weighted by atomic mass is 9.96. The average molecular weight is 282 g/mol. The van der Waals surface area contributed by atoms with E-state index in [1.54, 1.807) is 0 Å². The van der Waals surface area contributed by atoms with Crippen LogP contribution in [0.2, 0.25) is 0 Å². The van der Waals surface area contributed by atoms with Gasteiger partial charge in [0.15, 0.2) is 0 Å². The maximum atomic E-state index is 12.3. The molecule has 0 radical (unpaired) electrons. The number of carbonyl (C=O) groups excluding carboxylic acids is 2. The number of esters is 2. The molecule has 2 aliphatic rings. The molecule has 2 fully saturated rings. The first-order valence-electron chi connectivity index (χ1n) is 7.74. The Balaban J connectivity index is 1.97. The molecule has 0 saturated heterocycles. The van der Waals surface area contributed by atoms with Crippen molar-refractivity contribution in [2.45, 2.75) is 71.5 Å². The quantitative estimate of drug-likeness (QED) is 0.744. The minimum atomic E-state index is -0.451. The molecular weight excluding hydrogens is 256 g/mol. The zero-order valence-electron chi connectivity index (χ0n) is 13.0. The third-order valence-electron chi connectivity index (χ3n) is 4.27. The lowest BCUT2D eigenvalue weighted by Crippen LogP contribution is -2.32. The van der Waals surface area contributed by atoms with E-state index in [0.717, 1.165) is 25.7 Å². The van der Waals surface area contributed by atoms with Gasteiger partial charge in [-0.15, -0.1) is 0 Å². The van der Waals surface area contributed by atoms with Gasteiger partial charge in [0.25, 0.3) is 0 Å². The lowest BCUT2D eigenvalue weighted by Gasteiger charge is -2.25. The molecule has 2 bridgehead atoms. The lowest BCUT2D eigenvalue weighted by molar-refractivity contribution is -0.164. The van der Waals surface area contributed by atoms with Gasteiger partial charge in [-0.3, -0.25) is 9.59 Å². The van der Waals surface area contributed by atoms with E-state index in [-0.39, 0.29) is 29.9 Å². The maximum Gasteiger partial charge on any atom is 0.310 e. The molecule has 0 spiro atoms. The van der Waals surface area contributed by atoms with E-state index in [0.29, 0.717) is 12.3 Å². The average Bonchev–Trinajstić information content (AvgIpc) is 2.83. The van der Waals surface area contributed by atoms with Gasteiger partial charge in [-0.2, -0.15) is 0 Å². The van der Waals surface area contributed by atoms with E-state index in [1.807, 2.05) is 27.7 Å². The number of carbonyl (C=O) groups is 2. The third kappa shape index (κ3) is 3.33. The van der Waals surface area contributed by atoms with Gasteiger partial charge in [0.1, 0.15) is 11.7 Å². The molecule has 0 heterocycles. The molecule has 4 heteroatoms. The van der Waals surface area contributed by atoms with Gasteiger partial charge in [0.2, 0.25) is 0 Å². The Morgan fingerprint density at radius 2 is 1.90 bits per heavy atom. The molecular formula is C16H26O4. The molecule has 0 aromatic carbocycles. The molecule has 2 rings (SSSR count). The van der Waals surface area contributed by atoms with Gasteiger partial charge < -0.3 is 9.47 Å². The minimum Gasteiger partial charge on any atom is -0.462 e. The highest BCUT2D eigenvalue weighted by Crippen LogP contribution is 2.51. The van der Waals surface area contributed by atoms with Gasteiger partial charge in [-0.1, -0.05) is 6.92 Å². The molecule has 0 aromatic rings. The number of fused-ring (bicyclic) bond motifs is 2. The first-order valence-corrected chi connectivity index (χ1v) is 7.74. The van der Waals surface area contributed by atoms with Gasteiger partial charge >= 0.3 is 11.9 Å². The van der Waals surface area contributed by atoms with Crippen LogP contribution in [0.25, 0.3) is 0 Å². The van der Waals surface area contributed by atoms with Crippen molar-refractivity contribution in [3.05, 3.63) is 0 Å². The topological polar surface area (TPSA) is 52.6 Å². The molecule has 0 aliphatic heterocycles. The molecule has 4 atom stereocenters. The number of hydrogen-bond acceptors (Lipinski definition) is 4. The largest absolute Gasteiger partial charge is 0.462 e. The molecule has 0 amide bonds. The number of rotatable bonds is 4. The Bertz CT molecular complexity index is 382. The summed E-state index contributed by atoms with van der Waals surface area (Å²) in [4.78, 5) is 24.0. The minimum absolute atomic E-state index is 0.0753. The smallest absolute Gasteiger partial charge is 0.310 e. The second kappa shape index (κ2) is 5.74. The Morgan fingerprint density at radius 1 is 1.20 bits per heavy atom. The van der Waals surface area contributed by atoms with Crippen molar-refractivity contribution < 1.29 is 19.1 Å². The highest BCUT2D eigenvalue weighted by Gasteiger charge is 2.54. The van der Waals surface area contributed by atoms with Crippen LogP contribution in [0.5, 0.6) is 0 Å². The molecule has 0 aromatic heterocycles. The third-order valence-corrected chi connectivity index (χ3v) is 4.27. The Kier molecular flexibility index (Phi) is 4.40. The second-order valence-corrected chi connectivity index (χ2v) is 7.07. The van der Waals surface area contributed by atoms with Gasteiger partial charge in [0.05, 0.1) is 5.92 Å². The monoisotopic (exact) mass is 282 g/mol. The first-order chi connectivity index (χ1) is 9.31. The zero-order valence-corrected chi connectivity index (χ0v) is 13.0. The van der Waals surface area contributed by atoms with E-state index >= 15 is 0 Å². The van der Waals surface area contributed by atoms with Crippen LogP contribution >= 0.6 is 0 Å². The first kappa shape index (κ1) is 15.3. The summed E-state index contributed by atoms with van der Waals surface area (Å²) in [7, 11) is 0. The summed E-state index contributed by atoms with van der Waals surface area (Å²) in [6.45, 7) is 7.63. The fraction of sp³-hybridized carbons (Fsp3) is 0.875. The Labute approximate surface area is 121 Å². The summed E-state index contributed by atoms with van der Waals surface area (Å²) in [5, 5.41) is 0. The second-order valence-electron chi connectivity index (χ2n) is 7.07. The SMILES string of the molecule is CCCC(=O)O[C@H]1C[C@H]2CC[C@@H]1C2C(=O)OC(C)(C)C. The van der Waals surface area contributed by atoms with Crippen LogP contribution in [0, 0.1) is 17.8 Å². The maximum absolute atomic E-state index is 12.3. The molecule has 114 valence electrons. The van der Waals surface area contributed by atoms with Crippen LogP contribution in [0.15, 0.2) is 0 Å². The van der Waals surface area contributed by atoms with Crippen LogP contribution < -0.4 is 0 Å². The molecule has 2 aliphatic carbocycles. The summed E-state index contributed by atoms with van der Waals surface area (Å²) < 4.78 is 11.1. The number of hydrogen-bond donors (Lipinski definition) is 0. The van der Waals surface area contributed by atoms with Crippen LogP contribution in [-0.2, 0) is 19.1 Å². The number of ether oxygens (including phenoxy) is 2. The van der Waals surface area contributed by atoms with E-state index in [9.17, 15) is 9.59 Å². The van der Waals surface area contributed by atoms with Gasteiger partial charge in [0, 0.05) is 12.3 Å².